The van der Waals surface area contributed by atoms with E-state index in [4.69, 9.17) is 0 Å². The van der Waals surface area contributed by atoms with Crippen molar-refractivity contribution in [2.75, 3.05) is 5.32 Å². The Balaban J connectivity index is 1.24. The average Bonchev–Trinajstić information content (AvgIpc) is 3.23. The van der Waals surface area contributed by atoms with Crippen LogP contribution in [0, 0.1) is 34.5 Å². The molecule has 182 valence electrons. The Kier molecular flexibility index (Phi) is 5.39. The van der Waals surface area contributed by atoms with Crippen molar-refractivity contribution in [2.24, 2.45) is 34.5 Å². The molecule has 3 fully saturated rings. The zero-order valence-electron chi connectivity index (χ0n) is 20.8. The molecule has 0 saturated heterocycles. The van der Waals surface area contributed by atoms with E-state index in [9.17, 15) is 9.59 Å². The van der Waals surface area contributed by atoms with Crippen molar-refractivity contribution in [3.8, 4) is 11.1 Å². The summed E-state index contributed by atoms with van der Waals surface area (Å²) in [6, 6.07) is 18.7. The van der Waals surface area contributed by atoms with Crippen LogP contribution < -0.4 is 10.6 Å². The summed E-state index contributed by atoms with van der Waals surface area (Å²) in [6.45, 7) is 4.74. The molecule has 4 aliphatic rings. The molecule has 1 aliphatic heterocycles. The number of carbonyl (C=O) groups is 2. The Morgan fingerprint density at radius 3 is 2.51 bits per heavy atom. The minimum absolute atomic E-state index is 0.0348. The van der Waals surface area contributed by atoms with Crippen LogP contribution in [0.25, 0.3) is 11.1 Å². The van der Waals surface area contributed by atoms with Crippen LogP contribution in [0.5, 0.6) is 0 Å². The fourth-order valence-corrected chi connectivity index (χ4v) is 8.45. The minimum atomic E-state index is 0.0348. The number of amides is 2. The third kappa shape index (κ3) is 3.56. The van der Waals surface area contributed by atoms with Gasteiger partial charge in [-0.3, -0.25) is 9.59 Å². The van der Waals surface area contributed by atoms with Crippen LogP contribution in [0.4, 0.5) is 5.69 Å². The van der Waals surface area contributed by atoms with Crippen molar-refractivity contribution in [3.05, 3.63) is 66.7 Å². The second-order valence-corrected chi connectivity index (χ2v) is 11.8. The molecule has 3 saturated carbocycles. The highest BCUT2D eigenvalue weighted by Gasteiger charge is 2.60. The van der Waals surface area contributed by atoms with Gasteiger partial charge in [0.25, 0.3) is 0 Å². The molecule has 1 heterocycles. The highest BCUT2D eigenvalue weighted by molar-refractivity contribution is 5.97. The van der Waals surface area contributed by atoms with Gasteiger partial charge in [-0.25, -0.2) is 0 Å². The van der Waals surface area contributed by atoms with Gasteiger partial charge in [0.1, 0.15) is 0 Å². The van der Waals surface area contributed by atoms with Gasteiger partial charge in [0.2, 0.25) is 11.8 Å². The molecule has 35 heavy (non-hydrogen) atoms. The van der Waals surface area contributed by atoms with Crippen LogP contribution in [0.15, 0.2) is 66.7 Å². The van der Waals surface area contributed by atoms with Crippen molar-refractivity contribution < 1.29 is 9.59 Å². The minimum Gasteiger partial charge on any atom is -0.349 e. The summed E-state index contributed by atoms with van der Waals surface area (Å²) in [5.74, 6) is 2.07. The first-order valence-electron chi connectivity index (χ1n) is 13.4. The fourth-order valence-electron chi connectivity index (χ4n) is 8.45. The molecular weight excluding hydrogens is 432 g/mol. The van der Waals surface area contributed by atoms with Crippen molar-refractivity contribution in [3.63, 3.8) is 0 Å². The van der Waals surface area contributed by atoms with Gasteiger partial charge in [0, 0.05) is 28.6 Å². The van der Waals surface area contributed by atoms with Gasteiger partial charge in [0.15, 0.2) is 0 Å². The highest BCUT2D eigenvalue weighted by Crippen LogP contribution is 2.65. The smallest absolute Gasteiger partial charge is 0.243 e. The maximum Gasteiger partial charge on any atom is 0.243 e. The number of hydrogen-bond acceptors (Lipinski definition) is 2. The number of rotatable bonds is 3. The molecule has 4 heteroatoms. The topological polar surface area (TPSA) is 58.2 Å². The number of carbonyl (C=O) groups excluding carboxylic acids is 2. The summed E-state index contributed by atoms with van der Waals surface area (Å²) in [4.78, 5) is 25.8. The second kappa shape index (κ2) is 8.36. The summed E-state index contributed by atoms with van der Waals surface area (Å²) in [6.07, 6.45) is 10.5. The van der Waals surface area contributed by atoms with Gasteiger partial charge in [-0.05, 0) is 79.4 Å². The van der Waals surface area contributed by atoms with Crippen molar-refractivity contribution in [1.29, 1.82) is 0 Å². The van der Waals surface area contributed by atoms with Crippen LogP contribution in [-0.2, 0) is 9.59 Å². The molecule has 2 aromatic carbocycles. The first-order valence-corrected chi connectivity index (χ1v) is 13.4. The number of para-hydroxylation sites is 1. The van der Waals surface area contributed by atoms with E-state index in [1.54, 1.807) is 6.08 Å². The Hall–Kier alpha value is -2.88. The SMILES string of the molecule is C[C@]12C=CC(=O)N[C@@H]1CC[C@@H]1[C@@H]2CC[C@]2(C)[C@@H](C(=O)Nc3ccccc3-c3ccccc3)CC[C@@H]12. The first-order chi connectivity index (χ1) is 16.9. The van der Waals surface area contributed by atoms with E-state index >= 15 is 0 Å². The van der Waals surface area contributed by atoms with Crippen molar-refractivity contribution >= 4 is 17.5 Å². The molecule has 2 N–H and O–H groups in total. The van der Waals surface area contributed by atoms with Gasteiger partial charge in [-0.1, -0.05) is 68.5 Å². The number of anilines is 1. The van der Waals surface area contributed by atoms with E-state index in [-0.39, 0.29) is 34.6 Å². The molecule has 0 spiro atoms. The van der Waals surface area contributed by atoms with E-state index in [1.807, 2.05) is 36.4 Å². The van der Waals surface area contributed by atoms with Gasteiger partial charge >= 0.3 is 0 Å². The maximum atomic E-state index is 13.8. The first kappa shape index (κ1) is 22.6. The average molecular weight is 469 g/mol. The normalized spacial score (nSPS) is 37.5. The van der Waals surface area contributed by atoms with Gasteiger partial charge in [-0.2, -0.15) is 0 Å². The van der Waals surface area contributed by atoms with Gasteiger partial charge in [-0.15, -0.1) is 0 Å². The zero-order chi connectivity index (χ0) is 24.2. The van der Waals surface area contributed by atoms with Crippen LogP contribution in [0.2, 0.25) is 0 Å². The van der Waals surface area contributed by atoms with Gasteiger partial charge in [0.05, 0.1) is 0 Å². The largest absolute Gasteiger partial charge is 0.349 e. The Morgan fingerprint density at radius 2 is 1.69 bits per heavy atom. The number of hydrogen-bond donors (Lipinski definition) is 2. The third-order valence-electron chi connectivity index (χ3n) is 10.3. The lowest BCUT2D eigenvalue weighted by molar-refractivity contribution is -0.129. The van der Waals surface area contributed by atoms with E-state index in [1.165, 1.54) is 0 Å². The molecule has 0 aromatic heterocycles. The monoisotopic (exact) mass is 468 g/mol. The molecular formula is C31H36N2O2. The molecule has 0 unspecified atom stereocenters. The summed E-state index contributed by atoms with van der Waals surface area (Å²) in [5, 5.41) is 6.59. The van der Waals surface area contributed by atoms with Crippen molar-refractivity contribution in [2.45, 2.75) is 58.4 Å². The van der Waals surface area contributed by atoms with E-state index in [0.717, 1.165) is 55.3 Å². The maximum absolute atomic E-state index is 13.8. The quantitative estimate of drug-likeness (QED) is 0.563. The summed E-state index contributed by atoms with van der Waals surface area (Å²) >= 11 is 0. The number of benzene rings is 2. The van der Waals surface area contributed by atoms with Crippen LogP contribution in [-0.4, -0.2) is 17.9 Å². The molecule has 7 atom stereocenters. The van der Waals surface area contributed by atoms with Crippen LogP contribution >= 0.6 is 0 Å². The van der Waals surface area contributed by atoms with Gasteiger partial charge < -0.3 is 10.6 Å². The second-order valence-electron chi connectivity index (χ2n) is 11.8. The molecule has 4 nitrogen and oxygen atoms in total. The Labute approximate surface area is 208 Å². The molecule has 0 radical (unpaired) electrons. The standard InChI is InChI=1S/C31H36N2O2/c1-30-18-16-24-22(12-15-27-31(24,2)19-17-28(34)33-27)23(30)13-14-25(30)29(35)32-26-11-7-6-10-21(26)20-8-4-3-5-9-20/h3-11,17,19,22-25,27H,12-16,18H2,1-2H3,(H,32,35)(H,33,34)/t22-,23-,24-,25+,27+,30-,31+/m0/s1. The van der Waals surface area contributed by atoms with E-state index in [0.29, 0.717) is 17.8 Å². The van der Waals surface area contributed by atoms with E-state index < -0.39 is 0 Å². The molecule has 0 bridgehead atoms. The Morgan fingerprint density at radius 1 is 0.914 bits per heavy atom. The third-order valence-corrected chi connectivity index (χ3v) is 10.3. The molecule has 2 amide bonds. The van der Waals surface area contributed by atoms with E-state index in [2.05, 4.69) is 48.8 Å². The fraction of sp³-hybridized carbons (Fsp3) is 0.484. The lowest BCUT2D eigenvalue weighted by Gasteiger charge is -2.58. The summed E-state index contributed by atoms with van der Waals surface area (Å²) in [5.41, 5.74) is 3.17. The zero-order valence-corrected chi connectivity index (χ0v) is 20.8. The molecule has 2 aromatic rings. The lowest BCUT2D eigenvalue weighted by atomic mass is 9.48. The molecule has 6 rings (SSSR count). The van der Waals surface area contributed by atoms with Crippen LogP contribution in [0.3, 0.4) is 0 Å². The molecule has 3 aliphatic carbocycles. The van der Waals surface area contributed by atoms with Crippen molar-refractivity contribution in [1.82, 2.24) is 5.32 Å². The predicted molar refractivity (Wildman–Crippen MR) is 139 cm³/mol. The summed E-state index contributed by atoms with van der Waals surface area (Å²) < 4.78 is 0. The number of fused-ring (bicyclic) bond motifs is 5. The lowest BCUT2D eigenvalue weighted by Crippen LogP contribution is -2.59. The number of nitrogens with one attached hydrogen (secondary N) is 2. The Bertz CT molecular complexity index is 1170. The van der Waals surface area contributed by atoms with Crippen LogP contribution in [0.1, 0.15) is 52.4 Å². The predicted octanol–water partition coefficient (Wildman–Crippen LogP) is 6.21. The highest BCUT2D eigenvalue weighted by atomic mass is 16.2. The summed E-state index contributed by atoms with van der Waals surface area (Å²) in [7, 11) is 0.